The molecule has 32 heavy (non-hydrogen) atoms. The van der Waals surface area contributed by atoms with Crippen molar-refractivity contribution in [1.29, 1.82) is 0 Å². The summed E-state index contributed by atoms with van der Waals surface area (Å²) in [5, 5.41) is 2.85. The number of carbonyl (C=O) groups excluding carboxylic acids is 1. The molecule has 0 radical (unpaired) electrons. The molecule has 1 aliphatic heterocycles. The van der Waals surface area contributed by atoms with Gasteiger partial charge in [-0.05, 0) is 66.8 Å². The van der Waals surface area contributed by atoms with E-state index in [1.165, 1.54) is 4.31 Å². The average Bonchev–Trinajstić information content (AvgIpc) is 2.79. The number of rotatable bonds is 6. The molecule has 0 aromatic heterocycles. The lowest BCUT2D eigenvalue weighted by molar-refractivity contribution is -0.118. The van der Waals surface area contributed by atoms with E-state index in [4.69, 9.17) is 4.74 Å². The number of sulfonamides is 1. The fraction of sp³-hybridized carbons (Fsp3) is 0.240. The molecular weight excluding hydrogens is 424 g/mol. The van der Waals surface area contributed by atoms with Gasteiger partial charge in [-0.15, -0.1) is 0 Å². The molecule has 166 valence electrons. The molecule has 6 nitrogen and oxygen atoms in total. The number of ether oxygens (including phenoxy) is 1. The van der Waals surface area contributed by atoms with Crippen LogP contribution in [0.4, 0.5) is 5.69 Å². The van der Waals surface area contributed by atoms with E-state index in [2.05, 4.69) is 5.32 Å². The van der Waals surface area contributed by atoms with Gasteiger partial charge < -0.3 is 10.1 Å². The van der Waals surface area contributed by atoms with E-state index < -0.39 is 10.0 Å². The van der Waals surface area contributed by atoms with Gasteiger partial charge >= 0.3 is 0 Å². The van der Waals surface area contributed by atoms with Crippen LogP contribution in [0.2, 0.25) is 0 Å². The summed E-state index contributed by atoms with van der Waals surface area (Å²) in [5.41, 5.74) is 4.56. The monoisotopic (exact) mass is 450 g/mol. The summed E-state index contributed by atoms with van der Waals surface area (Å²) in [6.45, 7) is 4.49. The summed E-state index contributed by atoms with van der Waals surface area (Å²) in [4.78, 5) is 12.7. The lowest BCUT2D eigenvalue weighted by Gasteiger charge is -2.28. The van der Waals surface area contributed by atoms with Crippen molar-refractivity contribution in [3.05, 3.63) is 89.0 Å². The van der Waals surface area contributed by atoms with Gasteiger partial charge in [0.25, 0.3) is 5.91 Å². The lowest BCUT2D eigenvalue weighted by Crippen LogP contribution is -2.36. The molecule has 0 saturated carbocycles. The first-order valence-corrected chi connectivity index (χ1v) is 11.9. The highest BCUT2D eigenvalue weighted by molar-refractivity contribution is 7.89. The molecule has 0 saturated heterocycles. The summed E-state index contributed by atoms with van der Waals surface area (Å²) in [6.07, 6.45) is 0.630. The van der Waals surface area contributed by atoms with Gasteiger partial charge in [-0.3, -0.25) is 4.79 Å². The standard InChI is InChI=1S/C25H26N2O4S/c1-18-7-6-8-19(2)25(18)31-17-24(28)26-22-12-11-20-13-14-27(16-21(20)15-22)32(29,30)23-9-4-3-5-10-23/h3-12,15H,13-14,16-17H2,1-2H3,(H,26,28). The summed E-state index contributed by atoms with van der Waals surface area (Å²) >= 11 is 0. The van der Waals surface area contributed by atoms with Crippen LogP contribution in [0.15, 0.2) is 71.6 Å². The van der Waals surface area contributed by atoms with Gasteiger partial charge in [0.1, 0.15) is 5.75 Å². The molecule has 0 bridgehead atoms. The highest BCUT2D eigenvalue weighted by Gasteiger charge is 2.28. The predicted molar refractivity (Wildman–Crippen MR) is 124 cm³/mol. The number of aryl methyl sites for hydroxylation is 2. The molecule has 0 fully saturated rings. The number of anilines is 1. The number of hydrogen-bond donors (Lipinski definition) is 1. The largest absolute Gasteiger partial charge is 0.483 e. The van der Waals surface area contributed by atoms with Crippen LogP contribution in [0, 0.1) is 13.8 Å². The Morgan fingerprint density at radius 1 is 0.969 bits per heavy atom. The fourth-order valence-corrected chi connectivity index (χ4v) is 5.36. The average molecular weight is 451 g/mol. The second kappa shape index (κ2) is 9.14. The normalized spacial score (nSPS) is 13.9. The van der Waals surface area contributed by atoms with E-state index in [9.17, 15) is 13.2 Å². The molecular formula is C25H26N2O4S. The molecule has 0 atom stereocenters. The molecule has 3 aromatic rings. The van der Waals surface area contributed by atoms with E-state index in [1.54, 1.807) is 30.3 Å². The number of hydrogen-bond acceptors (Lipinski definition) is 4. The van der Waals surface area contributed by atoms with Crippen LogP contribution < -0.4 is 10.1 Å². The van der Waals surface area contributed by atoms with Gasteiger partial charge in [0.05, 0.1) is 4.90 Å². The van der Waals surface area contributed by atoms with Crippen LogP contribution >= 0.6 is 0 Å². The minimum absolute atomic E-state index is 0.0999. The molecule has 0 aliphatic carbocycles. The van der Waals surface area contributed by atoms with E-state index in [0.29, 0.717) is 18.7 Å². The Kier molecular flexibility index (Phi) is 6.30. The summed E-state index contributed by atoms with van der Waals surface area (Å²) in [5.74, 6) is 0.451. The van der Waals surface area contributed by atoms with Crippen LogP contribution in [0.25, 0.3) is 0 Å². The minimum atomic E-state index is -3.56. The first-order chi connectivity index (χ1) is 15.3. The Hall–Kier alpha value is -3.16. The van der Waals surface area contributed by atoms with Gasteiger partial charge in [0.2, 0.25) is 10.0 Å². The first-order valence-electron chi connectivity index (χ1n) is 10.5. The maximum atomic E-state index is 13.0. The molecule has 7 heteroatoms. The quantitative estimate of drug-likeness (QED) is 0.614. The van der Waals surface area contributed by atoms with Gasteiger partial charge in [0.15, 0.2) is 6.61 Å². The molecule has 4 rings (SSSR count). The zero-order valence-corrected chi connectivity index (χ0v) is 19.0. The molecule has 1 N–H and O–H groups in total. The van der Waals surface area contributed by atoms with Crippen molar-refractivity contribution in [3.8, 4) is 5.75 Å². The van der Waals surface area contributed by atoms with Crippen molar-refractivity contribution in [2.24, 2.45) is 0 Å². The third kappa shape index (κ3) is 4.69. The third-order valence-electron chi connectivity index (χ3n) is 5.60. The molecule has 1 aliphatic rings. The second-order valence-corrected chi connectivity index (χ2v) is 9.88. The van der Waals surface area contributed by atoms with Crippen LogP contribution in [0.3, 0.4) is 0 Å². The topological polar surface area (TPSA) is 75.7 Å². The predicted octanol–water partition coefficient (Wildman–Crippen LogP) is 4.07. The molecule has 1 amide bonds. The van der Waals surface area contributed by atoms with E-state index in [1.807, 2.05) is 50.2 Å². The number of fused-ring (bicyclic) bond motifs is 1. The van der Waals surface area contributed by atoms with Crippen molar-refractivity contribution in [3.63, 3.8) is 0 Å². The number of nitrogens with one attached hydrogen (secondary N) is 1. The first kappa shape index (κ1) is 22.0. The number of benzene rings is 3. The zero-order valence-electron chi connectivity index (χ0n) is 18.2. The summed E-state index contributed by atoms with van der Waals surface area (Å²) < 4.78 is 33.2. The van der Waals surface area contributed by atoms with Crippen molar-refractivity contribution in [1.82, 2.24) is 4.31 Å². The second-order valence-electron chi connectivity index (χ2n) is 7.94. The SMILES string of the molecule is Cc1cccc(C)c1OCC(=O)Nc1ccc2c(c1)CN(S(=O)(=O)c1ccccc1)CC2. The molecule has 0 spiro atoms. The summed E-state index contributed by atoms with van der Waals surface area (Å²) in [7, 11) is -3.56. The van der Waals surface area contributed by atoms with Crippen molar-refractivity contribution >= 4 is 21.6 Å². The number of amides is 1. The van der Waals surface area contributed by atoms with Crippen molar-refractivity contribution in [2.45, 2.75) is 31.7 Å². The van der Waals surface area contributed by atoms with Crippen molar-refractivity contribution < 1.29 is 17.9 Å². The zero-order chi connectivity index (χ0) is 22.7. The van der Waals surface area contributed by atoms with Crippen LogP contribution in [-0.4, -0.2) is 31.8 Å². The van der Waals surface area contributed by atoms with E-state index >= 15 is 0 Å². The van der Waals surface area contributed by atoms with E-state index in [-0.39, 0.29) is 24.0 Å². The molecule has 1 heterocycles. The Morgan fingerprint density at radius 3 is 2.41 bits per heavy atom. The highest BCUT2D eigenvalue weighted by Crippen LogP contribution is 2.27. The minimum Gasteiger partial charge on any atom is -0.483 e. The number of para-hydroxylation sites is 1. The van der Waals surface area contributed by atoms with Crippen LogP contribution in [-0.2, 0) is 27.8 Å². The van der Waals surface area contributed by atoms with Crippen molar-refractivity contribution in [2.75, 3.05) is 18.5 Å². The summed E-state index contributed by atoms with van der Waals surface area (Å²) in [6, 6.07) is 19.9. The van der Waals surface area contributed by atoms with E-state index in [0.717, 1.165) is 28.0 Å². The highest BCUT2D eigenvalue weighted by atomic mass is 32.2. The Balaban J connectivity index is 1.44. The Morgan fingerprint density at radius 2 is 1.69 bits per heavy atom. The molecule has 3 aromatic carbocycles. The Bertz CT molecular complexity index is 1220. The van der Waals surface area contributed by atoms with Gasteiger partial charge in [-0.25, -0.2) is 8.42 Å². The fourth-order valence-electron chi connectivity index (χ4n) is 3.92. The van der Waals surface area contributed by atoms with Gasteiger partial charge in [-0.1, -0.05) is 42.5 Å². The molecule has 0 unspecified atom stereocenters. The smallest absolute Gasteiger partial charge is 0.262 e. The van der Waals surface area contributed by atoms with Crippen LogP contribution in [0.5, 0.6) is 5.75 Å². The lowest BCUT2D eigenvalue weighted by atomic mass is 10.0. The number of carbonyl (C=O) groups is 1. The Labute approximate surface area is 188 Å². The van der Waals surface area contributed by atoms with Crippen LogP contribution in [0.1, 0.15) is 22.3 Å². The van der Waals surface area contributed by atoms with Gasteiger partial charge in [0, 0.05) is 18.8 Å². The van der Waals surface area contributed by atoms with Gasteiger partial charge in [-0.2, -0.15) is 4.31 Å². The maximum absolute atomic E-state index is 13.0. The maximum Gasteiger partial charge on any atom is 0.262 e. The number of nitrogens with zero attached hydrogens (tertiary/aromatic N) is 1. The third-order valence-corrected chi connectivity index (χ3v) is 7.46.